The van der Waals surface area contributed by atoms with Crippen LogP contribution in [-0.2, 0) is 18.8 Å². The molecule has 0 spiro atoms. The number of ether oxygens (including phenoxy) is 3. The van der Waals surface area contributed by atoms with Crippen molar-refractivity contribution in [1.82, 2.24) is 19.5 Å². The molecule has 2 rings (SSSR count). The second-order valence-corrected chi connectivity index (χ2v) is 6.92. The number of aromatic nitrogens is 4. The molecule has 26 heavy (non-hydrogen) atoms. The Hall–Kier alpha value is -1.88. The summed E-state index contributed by atoms with van der Waals surface area (Å²) in [5.74, 6) is 1.16. The van der Waals surface area contributed by atoms with Crippen molar-refractivity contribution in [2.45, 2.75) is 19.3 Å². The lowest BCUT2D eigenvalue weighted by molar-refractivity contribution is -0.0881. The largest absolute Gasteiger partial charge is 0.382 e. The van der Waals surface area contributed by atoms with Crippen molar-refractivity contribution in [2.24, 2.45) is 0 Å². The molecule has 2 aromatic rings. The summed E-state index contributed by atoms with van der Waals surface area (Å²) in [6.45, 7) is 1.78. The van der Waals surface area contributed by atoms with Crippen molar-refractivity contribution in [2.75, 3.05) is 27.4 Å². The van der Waals surface area contributed by atoms with Gasteiger partial charge in [-0.1, -0.05) is 0 Å². The van der Waals surface area contributed by atoms with Crippen LogP contribution in [0, 0.1) is 6.92 Å². The van der Waals surface area contributed by atoms with Crippen LogP contribution in [0.2, 0.25) is 0 Å². The summed E-state index contributed by atoms with van der Waals surface area (Å²) in [5.41, 5.74) is 0.0787. The van der Waals surface area contributed by atoms with Gasteiger partial charge < -0.3 is 29.0 Å². The minimum Gasteiger partial charge on any atom is -0.382 e. The monoisotopic (exact) mass is 388 g/mol. The topological polar surface area (TPSA) is 149 Å². The van der Waals surface area contributed by atoms with Gasteiger partial charge >= 0.3 is 7.60 Å². The van der Waals surface area contributed by atoms with E-state index in [2.05, 4.69) is 15.0 Å². The molecule has 0 radical (unpaired) electrons. The average Bonchev–Trinajstić information content (AvgIpc) is 2.95. The van der Waals surface area contributed by atoms with E-state index in [4.69, 9.17) is 24.0 Å². The minimum atomic E-state index is -4.34. The van der Waals surface area contributed by atoms with E-state index >= 15 is 0 Å². The van der Waals surface area contributed by atoms with Crippen molar-refractivity contribution in [1.29, 1.82) is 0 Å². The average molecular weight is 388 g/mol. The Morgan fingerprint density at radius 2 is 2.04 bits per heavy atom. The second kappa shape index (κ2) is 8.67. The Morgan fingerprint density at radius 1 is 1.35 bits per heavy atom. The summed E-state index contributed by atoms with van der Waals surface area (Å²) >= 11 is 0. The van der Waals surface area contributed by atoms with Crippen LogP contribution in [-0.4, -0.2) is 62.8 Å². The van der Waals surface area contributed by atoms with Crippen molar-refractivity contribution >= 4 is 18.8 Å². The first-order valence-electron chi connectivity index (χ1n) is 7.56. The molecule has 0 unspecified atom stereocenters. The molecule has 11 nitrogen and oxygen atoms in total. The molecule has 2 aromatic heterocycles. The first kappa shape index (κ1) is 20.4. The van der Waals surface area contributed by atoms with E-state index in [1.54, 1.807) is 6.92 Å². The normalized spacial score (nSPS) is 15.0. The van der Waals surface area contributed by atoms with Crippen molar-refractivity contribution in [3.8, 4) is 0 Å². The van der Waals surface area contributed by atoms with Crippen LogP contribution in [0.15, 0.2) is 23.0 Å². The van der Waals surface area contributed by atoms with Gasteiger partial charge in [0.2, 0.25) is 0 Å². The molecule has 0 fully saturated rings. The molecule has 0 aromatic carbocycles. The van der Waals surface area contributed by atoms with Gasteiger partial charge in [0.05, 0.1) is 19.5 Å². The van der Waals surface area contributed by atoms with Crippen LogP contribution >= 0.6 is 7.60 Å². The Balaban J connectivity index is 2.37. The molecule has 0 aliphatic rings. The highest BCUT2D eigenvalue weighted by molar-refractivity contribution is 7.55. The number of H-pyrrole nitrogens is 1. The summed E-state index contributed by atoms with van der Waals surface area (Å²) in [6, 6.07) is 0. The van der Waals surface area contributed by atoms with E-state index in [0.29, 0.717) is 11.5 Å². The van der Waals surface area contributed by atoms with Crippen LogP contribution < -0.4 is 5.56 Å². The molecule has 3 N–H and O–H groups in total. The lowest BCUT2D eigenvalue weighted by atomic mass is 10.3. The third kappa shape index (κ3) is 5.31. The molecule has 0 amide bonds. The molecule has 144 valence electrons. The summed E-state index contributed by atoms with van der Waals surface area (Å²) in [4.78, 5) is 40.9. The highest BCUT2D eigenvalue weighted by Crippen LogP contribution is 2.36. The molecular formula is C14H21N4O7P. The van der Waals surface area contributed by atoms with Gasteiger partial charge in [-0.05, 0) is 13.0 Å². The van der Waals surface area contributed by atoms with Gasteiger partial charge in [-0.3, -0.25) is 13.9 Å². The lowest BCUT2D eigenvalue weighted by Gasteiger charge is -2.23. The van der Waals surface area contributed by atoms with Crippen LogP contribution in [0.25, 0.3) is 11.2 Å². The summed E-state index contributed by atoms with van der Waals surface area (Å²) in [5, 5.41) is 0. The molecule has 0 bridgehead atoms. The van der Waals surface area contributed by atoms with Gasteiger partial charge in [0, 0.05) is 20.0 Å². The number of aromatic amines is 1. The van der Waals surface area contributed by atoms with E-state index in [1.807, 2.05) is 0 Å². The number of fused-ring (bicyclic) bond motifs is 1. The Morgan fingerprint density at radius 3 is 2.65 bits per heavy atom. The molecule has 0 saturated heterocycles. The van der Waals surface area contributed by atoms with Crippen molar-refractivity contribution in [3.63, 3.8) is 0 Å². The molecule has 0 aliphatic carbocycles. The van der Waals surface area contributed by atoms with Crippen molar-refractivity contribution in [3.05, 3.63) is 34.4 Å². The van der Waals surface area contributed by atoms with Gasteiger partial charge in [0.1, 0.15) is 11.9 Å². The van der Waals surface area contributed by atoms with E-state index in [1.165, 1.54) is 31.2 Å². The number of imidazole rings is 1. The second-order valence-electron chi connectivity index (χ2n) is 5.45. The standard InChI is InChI=1S/C14H21N4O7P/c1-9-16-13-12(14(19)17-9)15-8-18(13)11(7-24-3)25-10(6-23-2)4-5-26(20,21)22/h4-5,8,10-11H,6-7H2,1-3H3,(H,16,17,19)(H2,20,21,22)/b5-4+/t10-,11-/m1/s1. The molecule has 0 aliphatic heterocycles. The van der Waals surface area contributed by atoms with Gasteiger partial charge in [-0.2, -0.15) is 0 Å². The fourth-order valence-corrected chi connectivity index (χ4v) is 2.70. The van der Waals surface area contributed by atoms with Gasteiger partial charge in [0.15, 0.2) is 17.4 Å². The zero-order valence-corrected chi connectivity index (χ0v) is 15.4. The number of hydrogen-bond acceptors (Lipinski definition) is 7. The SMILES string of the molecule is COC[C@@H](/C=C/P(=O)(O)O)O[C@H](COC)n1cnc2c(=O)[nH]c(C)nc21. The van der Waals surface area contributed by atoms with Crippen LogP contribution in [0.1, 0.15) is 12.1 Å². The number of methoxy groups -OCH3 is 2. The zero-order chi connectivity index (χ0) is 19.3. The summed E-state index contributed by atoms with van der Waals surface area (Å²) < 4.78 is 28.6. The third-order valence-electron chi connectivity index (χ3n) is 3.33. The summed E-state index contributed by atoms with van der Waals surface area (Å²) in [7, 11) is -1.43. The fraction of sp³-hybridized carbons (Fsp3) is 0.500. The van der Waals surface area contributed by atoms with E-state index in [9.17, 15) is 9.36 Å². The molecular weight excluding hydrogens is 367 g/mol. The number of nitrogens with one attached hydrogen (secondary N) is 1. The highest BCUT2D eigenvalue weighted by Gasteiger charge is 2.21. The predicted octanol–water partition coefficient (Wildman–Crippen LogP) is 0.296. The number of nitrogens with zero attached hydrogens (tertiary/aromatic N) is 3. The van der Waals surface area contributed by atoms with Gasteiger partial charge in [-0.15, -0.1) is 0 Å². The van der Waals surface area contributed by atoms with E-state index < -0.39 is 19.9 Å². The Kier molecular flexibility index (Phi) is 6.81. The van der Waals surface area contributed by atoms with Gasteiger partial charge in [-0.25, -0.2) is 9.97 Å². The van der Waals surface area contributed by atoms with Crippen LogP contribution in [0.4, 0.5) is 0 Å². The maximum atomic E-state index is 12.0. The Labute approximate surface area is 148 Å². The number of aryl methyl sites for hydroxylation is 1. The van der Waals surface area contributed by atoms with Crippen LogP contribution in [0.5, 0.6) is 0 Å². The van der Waals surface area contributed by atoms with Crippen molar-refractivity contribution < 1.29 is 28.6 Å². The smallest absolute Gasteiger partial charge is 0.348 e. The van der Waals surface area contributed by atoms with Crippen LogP contribution in [0.3, 0.4) is 0 Å². The first-order chi connectivity index (χ1) is 12.2. The highest BCUT2D eigenvalue weighted by atomic mass is 31.2. The molecule has 2 atom stereocenters. The Bertz CT molecular complexity index is 872. The number of rotatable bonds is 9. The molecule has 0 saturated carbocycles. The summed E-state index contributed by atoms with van der Waals surface area (Å²) in [6.07, 6.45) is 1.10. The van der Waals surface area contributed by atoms with Gasteiger partial charge in [0.25, 0.3) is 5.56 Å². The lowest BCUT2D eigenvalue weighted by Crippen LogP contribution is -2.26. The number of hydrogen-bond donors (Lipinski definition) is 3. The molecule has 2 heterocycles. The fourth-order valence-electron chi connectivity index (χ4n) is 2.29. The quantitative estimate of drug-likeness (QED) is 0.515. The maximum Gasteiger partial charge on any atom is 0.348 e. The minimum absolute atomic E-state index is 0.0520. The third-order valence-corrected chi connectivity index (χ3v) is 3.89. The maximum absolute atomic E-state index is 12.0. The molecule has 12 heteroatoms. The zero-order valence-electron chi connectivity index (χ0n) is 14.5. The van der Waals surface area contributed by atoms with E-state index in [0.717, 1.165) is 5.82 Å². The first-order valence-corrected chi connectivity index (χ1v) is 9.24. The van der Waals surface area contributed by atoms with E-state index in [-0.39, 0.29) is 24.3 Å². The predicted molar refractivity (Wildman–Crippen MR) is 91.7 cm³/mol.